The minimum absolute atomic E-state index is 0.283. The molecule has 2 rings (SSSR count). The van der Waals surface area contributed by atoms with Crippen molar-refractivity contribution in [2.45, 2.75) is 25.7 Å². The highest BCUT2D eigenvalue weighted by atomic mass is 79.9. The van der Waals surface area contributed by atoms with E-state index < -0.39 is 0 Å². The number of carbonyl (C=O) groups excluding carboxylic acids is 1. The van der Waals surface area contributed by atoms with Crippen LogP contribution < -0.4 is 0 Å². The van der Waals surface area contributed by atoms with Gasteiger partial charge in [0.25, 0.3) is 0 Å². The van der Waals surface area contributed by atoms with E-state index in [0.29, 0.717) is 6.42 Å². The molecule has 0 radical (unpaired) electrons. The Morgan fingerprint density at radius 3 is 2.57 bits per heavy atom. The molecule has 0 saturated heterocycles. The Bertz CT molecular complexity index is 385. The van der Waals surface area contributed by atoms with Crippen LogP contribution >= 0.6 is 31.9 Å². The first-order valence-corrected chi connectivity index (χ1v) is 6.29. The second-order valence-corrected chi connectivity index (χ2v) is 5.17. The molecular formula is C11H10Br2O. The van der Waals surface area contributed by atoms with Crippen molar-refractivity contribution in [3.63, 3.8) is 0 Å². The van der Waals surface area contributed by atoms with Crippen LogP contribution in [0.1, 0.15) is 35.2 Å². The highest BCUT2D eigenvalue weighted by Gasteiger charge is 2.18. The average Bonchev–Trinajstić information content (AvgIpc) is 2.35. The van der Waals surface area contributed by atoms with Gasteiger partial charge >= 0.3 is 0 Å². The molecule has 0 unspecified atom stereocenters. The number of benzene rings is 1. The van der Waals surface area contributed by atoms with Crippen LogP contribution in [0.4, 0.5) is 0 Å². The molecule has 0 heterocycles. The second kappa shape index (κ2) is 4.15. The standard InChI is InChI=1S/C11H10Br2O/c12-9-6-5-7-8(11(9)13)3-1-2-4-10(7)14/h5-6H,1-4H2. The van der Waals surface area contributed by atoms with E-state index in [0.717, 1.165) is 33.8 Å². The van der Waals surface area contributed by atoms with Gasteiger partial charge in [-0.3, -0.25) is 4.79 Å². The van der Waals surface area contributed by atoms with Crippen LogP contribution in [-0.2, 0) is 6.42 Å². The van der Waals surface area contributed by atoms with Crippen molar-refractivity contribution in [3.05, 3.63) is 32.2 Å². The summed E-state index contributed by atoms with van der Waals surface area (Å²) >= 11 is 6.99. The summed E-state index contributed by atoms with van der Waals surface area (Å²) < 4.78 is 2.08. The SMILES string of the molecule is O=C1CCCCc2c1ccc(Br)c2Br. The predicted molar refractivity (Wildman–Crippen MR) is 63.7 cm³/mol. The van der Waals surface area contributed by atoms with Gasteiger partial charge in [-0.15, -0.1) is 0 Å². The molecule has 0 amide bonds. The highest BCUT2D eigenvalue weighted by Crippen LogP contribution is 2.33. The van der Waals surface area contributed by atoms with Crippen LogP contribution in [0, 0.1) is 0 Å². The number of ketones is 1. The summed E-state index contributed by atoms with van der Waals surface area (Å²) in [6, 6.07) is 3.87. The van der Waals surface area contributed by atoms with Gasteiger partial charge in [0.2, 0.25) is 0 Å². The van der Waals surface area contributed by atoms with Crippen molar-refractivity contribution >= 4 is 37.6 Å². The summed E-state index contributed by atoms with van der Waals surface area (Å²) in [5, 5.41) is 0. The lowest BCUT2D eigenvalue weighted by molar-refractivity contribution is 0.0982. The van der Waals surface area contributed by atoms with Gasteiger partial charge in [-0.1, -0.05) is 0 Å². The zero-order valence-electron chi connectivity index (χ0n) is 7.65. The van der Waals surface area contributed by atoms with Crippen molar-refractivity contribution in [3.8, 4) is 0 Å². The van der Waals surface area contributed by atoms with Gasteiger partial charge in [0.1, 0.15) is 0 Å². The molecule has 1 aromatic rings. The normalized spacial score (nSPS) is 16.3. The summed E-state index contributed by atoms with van der Waals surface area (Å²) in [4.78, 5) is 11.7. The number of Topliss-reactive ketones (excluding diaryl/α,β-unsaturated/α-hetero) is 1. The molecule has 0 aliphatic heterocycles. The molecule has 0 N–H and O–H groups in total. The Morgan fingerprint density at radius 2 is 1.79 bits per heavy atom. The molecule has 14 heavy (non-hydrogen) atoms. The first-order chi connectivity index (χ1) is 6.70. The minimum atomic E-state index is 0.283. The molecule has 0 bridgehead atoms. The number of hydrogen-bond donors (Lipinski definition) is 0. The van der Waals surface area contributed by atoms with Crippen molar-refractivity contribution in [1.29, 1.82) is 0 Å². The topological polar surface area (TPSA) is 17.1 Å². The van der Waals surface area contributed by atoms with E-state index in [2.05, 4.69) is 31.9 Å². The van der Waals surface area contributed by atoms with E-state index in [1.54, 1.807) is 0 Å². The maximum Gasteiger partial charge on any atom is 0.163 e. The lowest BCUT2D eigenvalue weighted by Gasteiger charge is -2.08. The number of carbonyl (C=O) groups is 1. The Balaban J connectivity index is 2.58. The smallest absolute Gasteiger partial charge is 0.163 e. The maximum absolute atomic E-state index is 11.7. The molecule has 74 valence electrons. The third-order valence-corrected chi connectivity index (χ3v) is 4.68. The first kappa shape index (κ1) is 10.4. The fourth-order valence-corrected chi connectivity index (χ4v) is 2.74. The van der Waals surface area contributed by atoms with Gasteiger partial charge < -0.3 is 0 Å². The Hall–Kier alpha value is -0.150. The van der Waals surface area contributed by atoms with E-state index in [-0.39, 0.29) is 5.78 Å². The maximum atomic E-state index is 11.7. The van der Waals surface area contributed by atoms with Crippen LogP contribution in [0.15, 0.2) is 21.1 Å². The van der Waals surface area contributed by atoms with Gasteiger partial charge in [0.05, 0.1) is 0 Å². The molecular weight excluding hydrogens is 308 g/mol. The third kappa shape index (κ3) is 1.80. The van der Waals surface area contributed by atoms with Crippen LogP contribution in [0.2, 0.25) is 0 Å². The fraction of sp³-hybridized carbons (Fsp3) is 0.364. The summed E-state index contributed by atoms with van der Waals surface area (Å²) in [7, 11) is 0. The number of fused-ring (bicyclic) bond motifs is 1. The molecule has 0 saturated carbocycles. The van der Waals surface area contributed by atoms with Crippen LogP contribution in [0.5, 0.6) is 0 Å². The summed E-state index contributed by atoms with van der Waals surface area (Å²) in [5.41, 5.74) is 2.07. The number of rotatable bonds is 0. The highest BCUT2D eigenvalue weighted by molar-refractivity contribution is 9.13. The van der Waals surface area contributed by atoms with Crippen LogP contribution in [0.3, 0.4) is 0 Å². The Morgan fingerprint density at radius 1 is 1.07 bits per heavy atom. The Kier molecular flexibility index (Phi) is 3.07. The van der Waals surface area contributed by atoms with Crippen molar-refractivity contribution in [1.82, 2.24) is 0 Å². The minimum Gasteiger partial charge on any atom is -0.294 e. The van der Waals surface area contributed by atoms with E-state index in [1.165, 1.54) is 5.56 Å². The van der Waals surface area contributed by atoms with Crippen LogP contribution in [-0.4, -0.2) is 5.78 Å². The largest absolute Gasteiger partial charge is 0.294 e. The molecule has 0 atom stereocenters. The van der Waals surface area contributed by atoms with E-state index >= 15 is 0 Å². The molecule has 3 heteroatoms. The predicted octanol–water partition coefficient (Wildman–Crippen LogP) is 4.12. The summed E-state index contributed by atoms with van der Waals surface area (Å²) in [5.74, 6) is 0.283. The molecule has 1 aromatic carbocycles. The van der Waals surface area contributed by atoms with E-state index in [9.17, 15) is 4.79 Å². The monoisotopic (exact) mass is 316 g/mol. The van der Waals surface area contributed by atoms with E-state index in [4.69, 9.17) is 0 Å². The van der Waals surface area contributed by atoms with Crippen LogP contribution in [0.25, 0.3) is 0 Å². The van der Waals surface area contributed by atoms with E-state index in [1.807, 2.05) is 12.1 Å². The van der Waals surface area contributed by atoms with Gasteiger partial charge in [-0.25, -0.2) is 0 Å². The van der Waals surface area contributed by atoms with Crippen molar-refractivity contribution in [2.24, 2.45) is 0 Å². The zero-order valence-corrected chi connectivity index (χ0v) is 10.8. The quantitative estimate of drug-likeness (QED) is 0.658. The van der Waals surface area contributed by atoms with Gasteiger partial charge in [-0.05, 0) is 68.8 Å². The van der Waals surface area contributed by atoms with Gasteiger partial charge in [0, 0.05) is 20.9 Å². The molecule has 0 fully saturated rings. The zero-order chi connectivity index (χ0) is 10.1. The summed E-state index contributed by atoms with van der Waals surface area (Å²) in [6.07, 6.45) is 3.81. The molecule has 0 spiro atoms. The number of hydrogen-bond acceptors (Lipinski definition) is 1. The van der Waals surface area contributed by atoms with Gasteiger partial charge in [0.15, 0.2) is 5.78 Å². The molecule has 0 aromatic heterocycles. The first-order valence-electron chi connectivity index (χ1n) is 4.70. The second-order valence-electron chi connectivity index (χ2n) is 3.52. The van der Waals surface area contributed by atoms with Crippen molar-refractivity contribution < 1.29 is 4.79 Å². The molecule has 1 aliphatic carbocycles. The summed E-state index contributed by atoms with van der Waals surface area (Å²) in [6.45, 7) is 0. The molecule has 1 aliphatic rings. The van der Waals surface area contributed by atoms with Crippen molar-refractivity contribution in [2.75, 3.05) is 0 Å². The fourth-order valence-electron chi connectivity index (χ4n) is 1.82. The third-order valence-electron chi connectivity index (χ3n) is 2.58. The average molecular weight is 318 g/mol. The molecule has 1 nitrogen and oxygen atoms in total. The van der Waals surface area contributed by atoms with Gasteiger partial charge in [-0.2, -0.15) is 0 Å². The number of halogens is 2. The lowest BCUT2D eigenvalue weighted by atomic mass is 10.0. The lowest BCUT2D eigenvalue weighted by Crippen LogP contribution is -2.00. The Labute approximate surface area is 100 Å².